The van der Waals surface area contributed by atoms with E-state index < -0.39 is 17.7 Å². The maximum absolute atomic E-state index is 13.5. The first kappa shape index (κ1) is 26.8. The van der Waals surface area contributed by atoms with Gasteiger partial charge in [-0.3, -0.25) is 14.6 Å². The maximum Gasteiger partial charge on any atom is 0.416 e. The lowest BCUT2D eigenvalue weighted by atomic mass is 9.82. The quantitative estimate of drug-likeness (QED) is 0.565. The van der Waals surface area contributed by atoms with E-state index in [4.69, 9.17) is 9.47 Å². The number of morpholine rings is 1. The average Bonchev–Trinajstić information content (AvgIpc) is 2.93. The molecular weight excluding hydrogens is 497 g/mol. The van der Waals surface area contributed by atoms with Crippen LogP contribution in [0.25, 0.3) is 0 Å². The molecule has 2 atom stereocenters. The van der Waals surface area contributed by atoms with E-state index in [0.29, 0.717) is 51.6 Å². The van der Waals surface area contributed by atoms with E-state index in [1.165, 1.54) is 6.07 Å². The number of carbonyl (C=O) groups excluding carboxylic acids is 1. The summed E-state index contributed by atoms with van der Waals surface area (Å²) >= 11 is 0. The molecule has 3 aliphatic heterocycles. The summed E-state index contributed by atoms with van der Waals surface area (Å²) in [6, 6.07) is 13.5. The van der Waals surface area contributed by atoms with Crippen molar-refractivity contribution in [3.8, 4) is 5.75 Å². The van der Waals surface area contributed by atoms with Crippen LogP contribution in [-0.2, 0) is 22.1 Å². The van der Waals surface area contributed by atoms with Gasteiger partial charge < -0.3 is 19.7 Å². The lowest BCUT2D eigenvalue weighted by Gasteiger charge is -2.49. The van der Waals surface area contributed by atoms with Crippen LogP contribution < -0.4 is 15.0 Å². The minimum atomic E-state index is -4.42. The van der Waals surface area contributed by atoms with E-state index in [0.717, 1.165) is 43.7 Å². The van der Waals surface area contributed by atoms with E-state index >= 15 is 0 Å². The fourth-order valence-corrected chi connectivity index (χ4v) is 5.66. The third kappa shape index (κ3) is 6.42. The van der Waals surface area contributed by atoms with Gasteiger partial charge >= 0.3 is 6.18 Å². The summed E-state index contributed by atoms with van der Waals surface area (Å²) < 4.78 is 51.6. The molecule has 0 spiro atoms. The predicted molar refractivity (Wildman–Crippen MR) is 138 cm³/mol. The number of hydrogen-bond donors (Lipinski definition) is 1. The summed E-state index contributed by atoms with van der Waals surface area (Å²) in [4.78, 5) is 20.1. The number of nitrogens with one attached hydrogen (secondary N) is 1. The second kappa shape index (κ2) is 11.9. The van der Waals surface area contributed by atoms with Crippen LogP contribution >= 0.6 is 0 Å². The molecule has 5 rings (SSSR count). The number of rotatable bonds is 8. The lowest BCUT2D eigenvalue weighted by Crippen LogP contribution is -2.61. The summed E-state index contributed by atoms with van der Waals surface area (Å²) in [6.07, 6.45) is -4.13. The molecule has 38 heavy (non-hydrogen) atoms. The van der Waals surface area contributed by atoms with Crippen molar-refractivity contribution in [3.05, 3.63) is 59.7 Å². The third-order valence-electron chi connectivity index (χ3n) is 7.71. The Morgan fingerprint density at radius 2 is 1.79 bits per heavy atom. The minimum absolute atomic E-state index is 0.0984. The van der Waals surface area contributed by atoms with Crippen molar-refractivity contribution in [3.63, 3.8) is 0 Å². The largest absolute Gasteiger partial charge is 0.492 e. The molecule has 3 heterocycles. The van der Waals surface area contributed by atoms with Crippen molar-refractivity contribution in [2.75, 3.05) is 77.1 Å². The first-order valence-electron chi connectivity index (χ1n) is 13.3. The van der Waals surface area contributed by atoms with Gasteiger partial charge in [0.05, 0.1) is 30.7 Å². The number of para-hydroxylation sites is 1. The maximum atomic E-state index is 13.5. The molecule has 206 valence electrons. The Hall–Kier alpha value is -2.82. The molecule has 1 N–H and O–H groups in total. The van der Waals surface area contributed by atoms with Crippen molar-refractivity contribution in [2.24, 2.45) is 5.92 Å². The first-order valence-corrected chi connectivity index (χ1v) is 13.3. The highest BCUT2D eigenvalue weighted by atomic mass is 19.4. The Kier molecular flexibility index (Phi) is 8.40. The molecule has 7 nitrogen and oxygen atoms in total. The number of hydrogen-bond acceptors (Lipinski definition) is 6. The number of alkyl halides is 3. The Morgan fingerprint density at radius 1 is 1.00 bits per heavy atom. The SMILES string of the molecule is O=C(NCCN1CCOCC1)C1Cc2cc(C(F)(F)F)ccc2N2CCN(CCOc3ccccc3)CC12. The molecule has 0 aliphatic carbocycles. The highest BCUT2D eigenvalue weighted by Gasteiger charge is 2.42. The minimum Gasteiger partial charge on any atom is -0.492 e. The summed E-state index contributed by atoms with van der Waals surface area (Å²) in [6.45, 7) is 7.58. The number of fused-ring (bicyclic) bond motifs is 3. The van der Waals surface area contributed by atoms with Crippen LogP contribution in [0.4, 0.5) is 18.9 Å². The molecular formula is C28H35F3N4O3. The Morgan fingerprint density at radius 3 is 2.55 bits per heavy atom. The highest BCUT2D eigenvalue weighted by molar-refractivity contribution is 5.82. The predicted octanol–water partition coefficient (Wildman–Crippen LogP) is 2.90. The average molecular weight is 533 g/mol. The number of halogens is 3. The van der Waals surface area contributed by atoms with Crippen LogP contribution in [-0.4, -0.2) is 93.9 Å². The standard InChI is InChI=1S/C28H35F3N4O3/c29-28(30,31)22-6-7-25-21(18-22)19-24(27(36)32-8-9-33-12-15-37-16-13-33)26-20-34(10-11-35(25)26)14-17-38-23-4-2-1-3-5-23/h1-7,18,24,26H,8-17,19-20H2,(H,32,36). The summed E-state index contributed by atoms with van der Waals surface area (Å²) in [5.41, 5.74) is 0.726. The fraction of sp³-hybridized carbons (Fsp3) is 0.536. The summed E-state index contributed by atoms with van der Waals surface area (Å²) in [5.74, 6) is 0.281. The zero-order valence-corrected chi connectivity index (χ0v) is 21.5. The van der Waals surface area contributed by atoms with E-state index in [1.807, 2.05) is 30.3 Å². The third-order valence-corrected chi connectivity index (χ3v) is 7.71. The van der Waals surface area contributed by atoms with Crippen molar-refractivity contribution in [1.29, 1.82) is 0 Å². The number of amides is 1. The molecule has 1 amide bonds. The molecule has 2 fully saturated rings. The van der Waals surface area contributed by atoms with Crippen LogP contribution in [0.3, 0.4) is 0 Å². The molecule has 0 saturated carbocycles. The Bertz CT molecular complexity index is 1080. The molecule has 2 aromatic carbocycles. The molecule has 3 aliphatic rings. The van der Waals surface area contributed by atoms with Gasteiger partial charge in [0.25, 0.3) is 0 Å². The Labute approximate surface area is 221 Å². The van der Waals surface area contributed by atoms with Crippen LogP contribution in [0.2, 0.25) is 0 Å². The van der Waals surface area contributed by atoms with Gasteiger partial charge in [0.2, 0.25) is 5.91 Å². The van der Waals surface area contributed by atoms with Crippen molar-refractivity contribution in [1.82, 2.24) is 15.1 Å². The summed E-state index contributed by atoms with van der Waals surface area (Å²) in [7, 11) is 0. The number of nitrogens with zero attached hydrogens (tertiary/aromatic N) is 3. The number of ether oxygens (including phenoxy) is 2. The second-order valence-electron chi connectivity index (χ2n) is 10.1. The van der Waals surface area contributed by atoms with E-state index in [-0.39, 0.29) is 18.4 Å². The number of piperazine rings is 1. The zero-order valence-electron chi connectivity index (χ0n) is 21.5. The fourth-order valence-electron chi connectivity index (χ4n) is 5.66. The zero-order chi connectivity index (χ0) is 26.5. The first-order chi connectivity index (χ1) is 18.4. The van der Waals surface area contributed by atoms with Gasteiger partial charge in [-0.05, 0) is 42.3 Å². The van der Waals surface area contributed by atoms with Gasteiger partial charge in [0, 0.05) is 58.0 Å². The number of carbonyl (C=O) groups is 1. The monoisotopic (exact) mass is 532 g/mol. The van der Waals surface area contributed by atoms with E-state index in [1.54, 1.807) is 6.07 Å². The van der Waals surface area contributed by atoms with Crippen molar-refractivity contribution >= 4 is 11.6 Å². The van der Waals surface area contributed by atoms with Crippen molar-refractivity contribution < 1.29 is 27.4 Å². The van der Waals surface area contributed by atoms with Gasteiger partial charge in [-0.2, -0.15) is 13.2 Å². The van der Waals surface area contributed by atoms with Gasteiger partial charge in [-0.1, -0.05) is 18.2 Å². The molecule has 0 radical (unpaired) electrons. The summed E-state index contributed by atoms with van der Waals surface area (Å²) in [5, 5.41) is 3.07. The van der Waals surface area contributed by atoms with Gasteiger partial charge in [0.15, 0.2) is 0 Å². The van der Waals surface area contributed by atoms with Gasteiger partial charge in [-0.15, -0.1) is 0 Å². The molecule has 0 bridgehead atoms. The second-order valence-corrected chi connectivity index (χ2v) is 10.1. The molecule has 2 unspecified atom stereocenters. The molecule has 2 saturated heterocycles. The van der Waals surface area contributed by atoms with Gasteiger partial charge in [-0.25, -0.2) is 0 Å². The number of benzene rings is 2. The van der Waals surface area contributed by atoms with E-state index in [9.17, 15) is 18.0 Å². The lowest BCUT2D eigenvalue weighted by molar-refractivity contribution is -0.137. The molecule has 0 aromatic heterocycles. The van der Waals surface area contributed by atoms with E-state index in [2.05, 4.69) is 20.0 Å². The normalized spacial score (nSPS) is 22.4. The van der Waals surface area contributed by atoms with Crippen molar-refractivity contribution in [2.45, 2.75) is 18.6 Å². The van der Waals surface area contributed by atoms with Crippen LogP contribution in [0.5, 0.6) is 5.75 Å². The smallest absolute Gasteiger partial charge is 0.416 e. The van der Waals surface area contributed by atoms with Crippen LogP contribution in [0, 0.1) is 5.92 Å². The number of anilines is 1. The molecule has 2 aromatic rings. The molecule has 10 heteroatoms. The Balaban J connectivity index is 1.27. The van der Waals surface area contributed by atoms with Crippen LogP contribution in [0.1, 0.15) is 11.1 Å². The van der Waals surface area contributed by atoms with Gasteiger partial charge in [0.1, 0.15) is 12.4 Å². The van der Waals surface area contributed by atoms with Crippen LogP contribution in [0.15, 0.2) is 48.5 Å². The topological polar surface area (TPSA) is 57.3 Å². The highest BCUT2D eigenvalue weighted by Crippen LogP contribution is 2.39.